The van der Waals surface area contributed by atoms with Gasteiger partial charge < -0.3 is 0 Å². The molecular formula is C12H4F9GaO3S. The van der Waals surface area contributed by atoms with E-state index in [1.54, 1.807) is 0 Å². The Labute approximate surface area is 151 Å². The van der Waals surface area contributed by atoms with Gasteiger partial charge in [-0.05, 0) is 0 Å². The molecule has 0 amide bonds. The first-order valence-corrected chi connectivity index (χ1v) is 7.11. The molecule has 142 valence electrons. The SMILES string of the molecule is O=S(=O)(O)c1c(F)c(F)c(F)c(-c2c(F)c(F)c(F)c(F)c2F)c1F.[GaH3]. The number of benzene rings is 2. The molecule has 2 aromatic rings. The van der Waals surface area contributed by atoms with Crippen LogP contribution >= 0.6 is 0 Å². The van der Waals surface area contributed by atoms with Crippen LogP contribution in [-0.4, -0.2) is 32.8 Å². The second-order valence-corrected chi connectivity index (χ2v) is 5.74. The molecule has 0 heterocycles. The molecule has 0 unspecified atom stereocenters. The Morgan fingerprint density at radius 2 is 0.769 bits per heavy atom. The van der Waals surface area contributed by atoms with E-state index in [0.29, 0.717) is 0 Å². The van der Waals surface area contributed by atoms with E-state index in [1.807, 2.05) is 0 Å². The molecule has 2 rings (SSSR count). The van der Waals surface area contributed by atoms with Crippen molar-refractivity contribution in [2.75, 3.05) is 0 Å². The first-order chi connectivity index (χ1) is 11.3. The van der Waals surface area contributed by atoms with E-state index in [2.05, 4.69) is 0 Å². The summed E-state index contributed by atoms with van der Waals surface area (Å²) in [5.41, 5.74) is -4.81. The molecule has 0 fully saturated rings. The summed E-state index contributed by atoms with van der Waals surface area (Å²) in [7, 11) is -5.95. The van der Waals surface area contributed by atoms with E-state index < -0.39 is 78.5 Å². The van der Waals surface area contributed by atoms with Crippen molar-refractivity contribution in [3.05, 3.63) is 52.4 Å². The molecule has 0 saturated heterocycles. The third-order valence-electron chi connectivity index (χ3n) is 2.94. The zero-order valence-electron chi connectivity index (χ0n) is 11.1. The second-order valence-electron chi connectivity index (χ2n) is 4.38. The van der Waals surface area contributed by atoms with Gasteiger partial charge in [-0.15, -0.1) is 0 Å². The van der Waals surface area contributed by atoms with Crippen molar-refractivity contribution in [3.63, 3.8) is 0 Å². The van der Waals surface area contributed by atoms with Crippen molar-refractivity contribution in [1.29, 1.82) is 0 Å². The van der Waals surface area contributed by atoms with E-state index in [1.165, 1.54) is 0 Å². The third-order valence-corrected chi connectivity index (χ3v) is 3.82. The molecule has 1 N–H and O–H groups in total. The predicted octanol–water partition coefficient (Wildman–Crippen LogP) is 2.67. The standard InChI is InChI=1S/C12HF9O3S.Ga.3H/c13-3-1(4(14)8(18)10(20)7(3)17)2-5(15)9(19)11(21)12(6(2)16)25(22,23)24;;;;/h(H,22,23,24);;;;. The summed E-state index contributed by atoms with van der Waals surface area (Å²) in [6.45, 7) is 0. The average molecular weight is 469 g/mol. The van der Waals surface area contributed by atoms with Crippen molar-refractivity contribution < 1.29 is 52.5 Å². The summed E-state index contributed by atoms with van der Waals surface area (Å²) in [4.78, 5) is -2.58. The van der Waals surface area contributed by atoms with Crippen LogP contribution in [0.1, 0.15) is 0 Å². The topological polar surface area (TPSA) is 54.4 Å². The van der Waals surface area contributed by atoms with Crippen molar-refractivity contribution in [2.45, 2.75) is 4.90 Å². The van der Waals surface area contributed by atoms with E-state index in [0.717, 1.165) is 0 Å². The van der Waals surface area contributed by atoms with Crippen LogP contribution in [0.15, 0.2) is 4.90 Å². The van der Waals surface area contributed by atoms with E-state index in [4.69, 9.17) is 4.55 Å². The average Bonchev–Trinajstić information content (AvgIpc) is 2.51. The number of rotatable bonds is 2. The number of halogens is 9. The van der Waals surface area contributed by atoms with Gasteiger partial charge in [0.2, 0.25) is 5.82 Å². The van der Waals surface area contributed by atoms with Crippen molar-refractivity contribution in [1.82, 2.24) is 0 Å². The molecule has 0 saturated carbocycles. The Morgan fingerprint density at radius 1 is 0.500 bits per heavy atom. The zero-order valence-corrected chi connectivity index (χ0v) is 11.9. The van der Waals surface area contributed by atoms with Gasteiger partial charge in [0, 0.05) is 0 Å². The summed E-state index contributed by atoms with van der Waals surface area (Å²) in [5, 5.41) is 0. The van der Waals surface area contributed by atoms with Gasteiger partial charge in [-0.3, -0.25) is 4.55 Å². The van der Waals surface area contributed by atoms with Gasteiger partial charge in [0.15, 0.2) is 51.4 Å². The van der Waals surface area contributed by atoms with Crippen LogP contribution in [0.25, 0.3) is 11.1 Å². The van der Waals surface area contributed by atoms with Gasteiger partial charge in [0.25, 0.3) is 0 Å². The molecule has 3 nitrogen and oxygen atoms in total. The summed E-state index contributed by atoms with van der Waals surface area (Å²) < 4.78 is 151. The van der Waals surface area contributed by atoms with Gasteiger partial charge >= 0.3 is 29.9 Å². The Hall–Kier alpha value is -1.64. The fourth-order valence-corrected chi connectivity index (χ4v) is 2.53. The van der Waals surface area contributed by atoms with Crippen LogP contribution in [0, 0.1) is 52.4 Å². The fraction of sp³-hybridized carbons (Fsp3) is 0. The van der Waals surface area contributed by atoms with Crippen LogP contribution in [0.3, 0.4) is 0 Å². The maximum atomic E-state index is 14.0. The van der Waals surface area contributed by atoms with Crippen LogP contribution in [0.2, 0.25) is 0 Å². The second kappa shape index (κ2) is 7.17. The summed E-state index contributed by atoms with van der Waals surface area (Å²) in [6, 6.07) is 0. The molecule has 14 heteroatoms. The molecule has 0 aliphatic heterocycles. The van der Waals surface area contributed by atoms with Crippen LogP contribution in [0.5, 0.6) is 0 Å². The molecule has 0 bridgehead atoms. The quantitative estimate of drug-likeness (QED) is 0.242. The molecule has 0 aliphatic rings. The minimum atomic E-state index is -5.95. The Kier molecular flexibility index (Phi) is 6.17. The van der Waals surface area contributed by atoms with Gasteiger partial charge in [-0.2, -0.15) is 8.42 Å². The fourth-order valence-electron chi connectivity index (χ4n) is 1.88. The van der Waals surface area contributed by atoms with Crippen LogP contribution in [-0.2, 0) is 10.1 Å². The zero-order chi connectivity index (χ0) is 19.4. The van der Waals surface area contributed by atoms with Gasteiger partial charge in [0.05, 0.1) is 11.1 Å². The maximum absolute atomic E-state index is 14.0. The molecule has 0 atom stereocenters. The summed E-state index contributed by atoms with van der Waals surface area (Å²) in [6.07, 6.45) is 0. The molecule has 2 aromatic carbocycles. The molecule has 0 aliphatic carbocycles. The molecule has 26 heavy (non-hydrogen) atoms. The Morgan fingerprint density at radius 3 is 1.12 bits per heavy atom. The molecule has 0 spiro atoms. The van der Waals surface area contributed by atoms with Gasteiger partial charge in [-0.25, -0.2) is 39.5 Å². The number of hydrogen-bond acceptors (Lipinski definition) is 2. The van der Waals surface area contributed by atoms with Crippen LogP contribution in [0.4, 0.5) is 39.5 Å². The Balaban J connectivity index is 0.00000338. The van der Waals surface area contributed by atoms with Crippen molar-refractivity contribution in [3.8, 4) is 11.1 Å². The van der Waals surface area contributed by atoms with Crippen molar-refractivity contribution >= 4 is 29.9 Å². The first-order valence-electron chi connectivity index (χ1n) is 5.67. The van der Waals surface area contributed by atoms with Gasteiger partial charge in [-0.1, -0.05) is 0 Å². The van der Waals surface area contributed by atoms with E-state index >= 15 is 0 Å². The van der Waals surface area contributed by atoms with Crippen molar-refractivity contribution in [2.24, 2.45) is 0 Å². The molecular weight excluding hydrogens is 465 g/mol. The third kappa shape index (κ3) is 3.21. The summed E-state index contributed by atoms with van der Waals surface area (Å²) >= 11 is 0. The van der Waals surface area contributed by atoms with E-state index in [-0.39, 0.29) is 19.8 Å². The normalized spacial score (nSPS) is 11.5. The number of hydrogen-bond donors (Lipinski definition) is 1. The van der Waals surface area contributed by atoms with Crippen LogP contribution < -0.4 is 0 Å². The predicted molar refractivity (Wildman–Crippen MR) is 71.3 cm³/mol. The van der Waals surface area contributed by atoms with Gasteiger partial charge in [0.1, 0.15) is 0 Å². The summed E-state index contributed by atoms with van der Waals surface area (Å²) in [5.74, 6) is -25.0. The monoisotopic (exact) mass is 468 g/mol. The first kappa shape index (κ1) is 22.4. The molecule has 0 aromatic heterocycles. The molecule has 0 radical (unpaired) electrons. The van der Waals surface area contributed by atoms with E-state index in [9.17, 15) is 47.9 Å². The Bertz CT molecular complexity index is 995. The minimum absolute atomic E-state index is 0.